The summed E-state index contributed by atoms with van der Waals surface area (Å²) >= 11 is 1.57. The molecule has 1 unspecified atom stereocenters. The van der Waals surface area contributed by atoms with Gasteiger partial charge >= 0.3 is 12.0 Å². The lowest BCUT2D eigenvalue weighted by atomic mass is 10.2. The molecule has 0 spiro atoms. The first kappa shape index (κ1) is 29.2. The van der Waals surface area contributed by atoms with Crippen molar-refractivity contribution in [3.05, 3.63) is 87.4 Å². The van der Waals surface area contributed by atoms with Gasteiger partial charge in [0.05, 0.1) is 24.8 Å². The molecule has 1 aliphatic heterocycles. The Morgan fingerprint density at radius 3 is 2.42 bits per heavy atom. The molecule has 40 heavy (non-hydrogen) atoms. The number of hydrogen-bond acceptors (Lipinski definition) is 6. The first-order valence-corrected chi connectivity index (χ1v) is 14.2. The van der Waals surface area contributed by atoms with Gasteiger partial charge in [0, 0.05) is 30.3 Å². The number of urea groups is 1. The fourth-order valence-electron chi connectivity index (χ4n) is 4.41. The summed E-state index contributed by atoms with van der Waals surface area (Å²) in [5.41, 5.74) is 2.75. The number of nitrogens with one attached hydrogen (secondary N) is 1. The fraction of sp³-hybridized carbons (Fsp3) is 0.367. The summed E-state index contributed by atoms with van der Waals surface area (Å²) in [6.45, 7) is 5.39. The van der Waals surface area contributed by atoms with Crippen molar-refractivity contribution in [2.75, 3.05) is 31.6 Å². The Labute approximate surface area is 237 Å². The molecule has 1 aromatic heterocycles. The molecule has 1 fully saturated rings. The van der Waals surface area contributed by atoms with Crippen molar-refractivity contribution in [3.8, 4) is 0 Å². The summed E-state index contributed by atoms with van der Waals surface area (Å²) in [6.07, 6.45) is 1.55. The van der Waals surface area contributed by atoms with E-state index in [1.165, 1.54) is 17.0 Å². The van der Waals surface area contributed by atoms with Gasteiger partial charge in [0.1, 0.15) is 12.4 Å². The van der Waals surface area contributed by atoms with Crippen LogP contribution in [0.15, 0.2) is 60.0 Å². The second-order valence-corrected chi connectivity index (χ2v) is 10.6. The van der Waals surface area contributed by atoms with Gasteiger partial charge < -0.3 is 24.6 Å². The Balaban J connectivity index is 1.50. The smallest absolute Gasteiger partial charge is 0.338 e. The predicted octanol–water partition coefficient (Wildman–Crippen LogP) is 5.61. The molecule has 0 aliphatic carbocycles. The molecule has 3 amide bonds. The minimum atomic E-state index is -0.443. The number of nitrogens with zero attached hydrogens (tertiary/aromatic N) is 2. The molecular weight excluding hydrogens is 533 g/mol. The lowest BCUT2D eigenvalue weighted by Crippen LogP contribution is -2.46. The molecule has 0 radical (unpaired) electrons. The average Bonchev–Trinajstić information content (AvgIpc) is 3.61. The van der Waals surface area contributed by atoms with E-state index in [9.17, 15) is 18.8 Å². The molecule has 1 aliphatic rings. The summed E-state index contributed by atoms with van der Waals surface area (Å²) in [7, 11) is 0. The van der Waals surface area contributed by atoms with E-state index in [1.807, 2.05) is 18.4 Å². The van der Waals surface area contributed by atoms with Crippen LogP contribution < -0.4 is 5.32 Å². The molecule has 0 bridgehead atoms. The van der Waals surface area contributed by atoms with Gasteiger partial charge in [-0.15, -0.1) is 11.3 Å². The summed E-state index contributed by atoms with van der Waals surface area (Å²) in [4.78, 5) is 43.3. The highest BCUT2D eigenvalue weighted by Crippen LogP contribution is 2.21. The highest BCUT2D eigenvalue weighted by atomic mass is 32.1. The van der Waals surface area contributed by atoms with Gasteiger partial charge in [0.15, 0.2) is 0 Å². The zero-order chi connectivity index (χ0) is 28.5. The summed E-state index contributed by atoms with van der Waals surface area (Å²) in [5, 5.41) is 4.82. The Bertz CT molecular complexity index is 1290. The topological polar surface area (TPSA) is 88.2 Å². The van der Waals surface area contributed by atoms with E-state index >= 15 is 0 Å². The second kappa shape index (κ2) is 14.0. The fourth-order valence-corrected chi connectivity index (χ4v) is 5.33. The highest BCUT2D eigenvalue weighted by molar-refractivity contribution is 7.10. The van der Waals surface area contributed by atoms with Crippen LogP contribution in [-0.4, -0.2) is 60.1 Å². The summed E-state index contributed by atoms with van der Waals surface area (Å²) in [6, 6.07) is 14.0. The molecule has 212 valence electrons. The number of carbonyl (C=O) groups is 3. The number of ether oxygens (including phenoxy) is 2. The van der Waals surface area contributed by atoms with Crippen LogP contribution in [-0.2, 0) is 27.4 Å². The number of halogens is 1. The number of esters is 1. The maximum Gasteiger partial charge on any atom is 0.338 e. The second-order valence-electron chi connectivity index (χ2n) is 9.65. The zero-order valence-electron chi connectivity index (χ0n) is 22.7. The number of amides is 3. The normalized spacial score (nSPS) is 14.5. The number of benzene rings is 2. The van der Waals surface area contributed by atoms with Gasteiger partial charge in [-0.2, -0.15) is 0 Å². The third-order valence-electron chi connectivity index (χ3n) is 6.65. The van der Waals surface area contributed by atoms with E-state index in [-0.39, 0.29) is 44.1 Å². The lowest BCUT2D eigenvalue weighted by Gasteiger charge is -2.29. The third kappa shape index (κ3) is 8.12. The van der Waals surface area contributed by atoms with Gasteiger partial charge in [-0.3, -0.25) is 4.79 Å². The van der Waals surface area contributed by atoms with Crippen LogP contribution in [0.5, 0.6) is 0 Å². The van der Waals surface area contributed by atoms with E-state index in [0.29, 0.717) is 24.4 Å². The van der Waals surface area contributed by atoms with Gasteiger partial charge in [-0.05, 0) is 85.7 Å². The molecule has 2 aromatic carbocycles. The number of rotatable bonds is 11. The van der Waals surface area contributed by atoms with Crippen molar-refractivity contribution >= 4 is 34.9 Å². The van der Waals surface area contributed by atoms with Crippen LogP contribution in [0, 0.1) is 12.7 Å². The van der Waals surface area contributed by atoms with Crippen molar-refractivity contribution in [1.82, 2.24) is 9.80 Å². The Kier molecular flexibility index (Phi) is 10.3. The van der Waals surface area contributed by atoms with Gasteiger partial charge in [0.25, 0.3) is 0 Å². The molecule has 1 saturated heterocycles. The molecule has 2 heterocycles. The maximum atomic E-state index is 13.7. The number of carbonyl (C=O) groups excluding carboxylic acids is 3. The van der Waals surface area contributed by atoms with Crippen LogP contribution in [0.25, 0.3) is 0 Å². The molecule has 4 rings (SSSR count). The molecule has 3 aromatic rings. The van der Waals surface area contributed by atoms with Gasteiger partial charge in [0.2, 0.25) is 5.91 Å². The first-order valence-electron chi connectivity index (χ1n) is 13.3. The van der Waals surface area contributed by atoms with E-state index in [2.05, 4.69) is 5.32 Å². The largest absolute Gasteiger partial charge is 0.462 e. The van der Waals surface area contributed by atoms with E-state index < -0.39 is 12.0 Å². The minimum absolute atomic E-state index is 0.155. The summed E-state index contributed by atoms with van der Waals surface area (Å²) < 4.78 is 24.3. The standard InChI is InChI=1S/C30H34FN3O5S/c1-3-38-29(36)23-8-12-25(13-9-23)32-30(37)34(18-26-5-4-15-39-26)20-28(35)33(19-27-21(2)14-16-40-27)17-22-6-10-24(31)11-7-22/h6-14,16,26H,3-5,15,17-20H2,1-2H3,(H,32,37). The zero-order valence-corrected chi connectivity index (χ0v) is 23.5. The predicted molar refractivity (Wildman–Crippen MR) is 152 cm³/mol. The van der Waals surface area contributed by atoms with E-state index in [4.69, 9.17) is 9.47 Å². The van der Waals surface area contributed by atoms with Crippen LogP contribution in [0.3, 0.4) is 0 Å². The van der Waals surface area contributed by atoms with Crippen LogP contribution in [0.1, 0.15) is 46.1 Å². The van der Waals surface area contributed by atoms with Crippen molar-refractivity contribution in [1.29, 1.82) is 0 Å². The van der Waals surface area contributed by atoms with E-state index in [1.54, 1.807) is 59.6 Å². The quantitative estimate of drug-likeness (QED) is 0.304. The summed E-state index contributed by atoms with van der Waals surface area (Å²) in [5.74, 6) is -1.01. The Morgan fingerprint density at radius 2 is 1.80 bits per heavy atom. The number of anilines is 1. The van der Waals surface area contributed by atoms with Crippen molar-refractivity contribution in [3.63, 3.8) is 0 Å². The Morgan fingerprint density at radius 1 is 1.05 bits per heavy atom. The molecule has 8 nitrogen and oxygen atoms in total. The SMILES string of the molecule is CCOC(=O)c1ccc(NC(=O)N(CC(=O)N(Cc2ccc(F)cc2)Cc2sccc2C)CC2CCCO2)cc1. The molecule has 1 atom stereocenters. The van der Waals surface area contributed by atoms with Crippen LogP contribution >= 0.6 is 11.3 Å². The number of aryl methyl sites for hydroxylation is 1. The monoisotopic (exact) mass is 567 g/mol. The Hall–Kier alpha value is -3.76. The first-order chi connectivity index (χ1) is 19.3. The van der Waals surface area contributed by atoms with Crippen LogP contribution in [0.2, 0.25) is 0 Å². The number of hydrogen-bond donors (Lipinski definition) is 1. The van der Waals surface area contributed by atoms with Crippen LogP contribution in [0.4, 0.5) is 14.9 Å². The molecule has 10 heteroatoms. The molecular formula is C30H34FN3O5S. The van der Waals surface area contributed by atoms with E-state index in [0.717, 1.165) is 28.8 Å². The lowest BCUT2D eigenvalue weighted by molar-refractivity contribution is -0.133. The number of thiophene rings is 1. The van der Waals surface area contributed by atoms with Crippen molar-refractivity contribution in [2.24, 2.45) is 0 Å². The highest BCUT2D eigenvalue weighted by Gasteiger charge is 2.27. The van der Waals surface area contributed by atoms with Crippen molar-refractivity contribution < 1.29 is 28.2 Å². The van der Waals surface area contributed by atoms with Gasteiger partial charge in [-0.1, -0.05) is 12.1 Å². The minimum Gasteiger partial charge on any atom is -0.462 e. The molecule has 1 N–H and O–H groups in total. The maximum absolute atomic E-state index is 13.7. The average molecular weight is 568 g/mol. The molecule has 0 saturated carbocycles. The third-order valence-corrected chi connectivity index (χ3v) is 7.66. The van der Waals surface area contributed by atoms with Crippen molar-refractivity contribution in [2.45, 2.75) is 45.9 Å². The van der Waals surface area contributed by atoms with Gasteiger partial charge in [-0.25, -0.2) is 14.0 Å².